The van der Waals surface area contributed by atoms with Gasteiger partial charge in [-0.3, -0.25) is 0 Å². The molecule has 107 valence electrons. The molecular formula is C20H15O2. The van der Waals surface area contributed by atoms with Crippen LogP contribution in [-0.2, 0) is 0 Å². The van der Waals surface area contributed by atoms with Gasteiger partial charge in [0.1, 0.15) is 17.2 Å². The first-order valence-corrected chi connectivity index (χ1v) is 7.24. The van der Waals surface area contributed by atoms with Crippen LogP contribution in [0.25, 0.3) is 11.1 Å². The van der Waals surface area contributed by atoms with Gasteiger partial charge in [-0.25, -0.2) is 0 Å². The Hall–Kier alpha value is -2.74. The molecule has 0 saturated heterocycles. The molecule has 0 saturated carbocycles. The molecule has 22 heavy (non-hydrogen) atoms. The highest BCUT2D eigenvalue weighted by Gasteiger charge is 2.20. The molecule has 0 spiro atoms. The van der Waals surface area contributed by atoms with E-state index >= 15 is 0 Å². The zero-order chi connectivity index (χ0) is 14.9. The summed E-state index contributed by atoms with van der Waals surface area (Å²) in [5.74, 6) is 2.66. The van der Waals surface area contributed by atoms with E-state index in [9.17, 15) is 0 Å². The van der Waals surface area contributed by atoms with E-state index in [2.05, 4.69) is 30.7 Å². The molecule has 1 radical (unpaired) electrons. The molecule has 0 aliphatic carbocycles. The first-order valence-electron chi connectivity index (χ1n) is 7.24. The first kappa shape index (κ1) is 13.0. The quantitative estimate of drug-likeness (QED) is 0.512. The number of benzene rings is 3. The maximum Gasteiger partial charge on any atom is 0.131 e. The third kappa shape index (κ3) is 2.13. The molecule has 0 bridgehead atoms. The molecule has 3 aromatic carbocycles. The Labute approximate surface area is 129 Å². The highest BCUT2D eigenvalue weighted by atomic mass is 16.5. The Morgan fingerprint density at radius 1 is 0.773 bits per heavy atom. The lowest BCUT2D eigenvalue weighted by Crippen LogP contribution is -2.02. The van der Waals surface area contributed by atoms with Crippen LogP contribution in [0.4, 0.5) is 0 Å². The van der Waals surface area contributed by atoms with Crippen LogP contribution in [0.3, 0.4) is 0 Å². The van der Waals surface area contributed by atoms with Gasteiger partial charge in [-0.15, -0.1) is 0 Å². The number of ether oxygens (including phenoxy) is 2. The summed E-state index contributed by atoms with van der Waals surface area (Å²) in [4.78, 5) is 0. The summed E-state index contributed by atoms with van der Waals surface area (Å²) in [5, 5.41) is 0. The smallest absolute Gasteiger partial charge is 0.131 e. The van der Waals surface area contributed by atoms with Crippen LogP contribution >= 0.6 is 0 Å². The average molecular weight is 287 g/mol. The summed E-state index contributed by atoms with van der Waals surface area (Å²) in [5.41, 5.74) is 4.54. The van der Waals surface area contributed by atoms with Gasteiger partial charge in [0, 0.05) is 17.5 Å². The van der Waals surface area contributed by atoms with Crippen molar-refractivity contribution in [3.63, 3.8) is 0 Å². The molecule has 0 atom stereocenters. The van der Waals surface area contributed by atoms with E-state index in [0.29, 0.717) is 0 Å². The molecular weight excluding hydrogens is 272 g/mol. The van der Waals surface area contributed by atoms with E-state index in [0.717, 1.165) is 39.5 Å². The van der Waals surface area contributed by atoms with Crippen molar-refractivity contribution in [2.75, 3.05) is 7.11 Å². The Morgan fingerprint density at radius 2 is 1.55 bits per heavy atom. The number of fused-ring (bicyclic) bond motifs is 2. The monoisotopic (exact) mass is 287 g/mol. The van der Waals surface area contributed by atoms with Gasteiger partial charge >= 0.3 is 0 Å². The lowest BCUT2D eigenvalue weighted by Gasteiger charge is -2.22. The molecule has 4 rings (SSSR count). The summed E-state index contributed by atoms with van der Waals surface area (Å²) in [6, 6.07) is 22.3. The van der Waals surface area contributed by atoms with Crippen molar-refractivity contribution in [1.29, 1.82) is 0 Å². The molecule has 2 nitrogen and oxygen atoms in total. The standard InChI is InChI=1S/C20H15O2/c1-21-16-11-9-14(10-12-16)17-6-4-8-20-18(17)13-15-5-2-3-7-19(15)22-20/h2-13H,1H3. The molecule has 0 fully saturated rings. The topological polar surface area (TPSA) is 18.5 Å². The van der Waals surface area contributed by atoms with Crippen molar-refractivity contribution < 1.29 is 9.47 Å². The molecule has 0 unspecified atom stereocenters. The van der Waals surface area contributed by atoms with E-state index in [-0.39, 0.29) is 0 Å². The molecule has 2 heteroatoms. The van der Waals surface area contributed by atoms with Crippen LogP contribution in [0, 0.1) is 6.42 Å². The Bertz CT molecular complexity index is 819. The maximum atomic E-state index is 6.03. The van der Waals surface area contributed by atoms with E-state index < -0.39 is 0 Å². The summed E-state index contributed by atoms with van der Waals surface area (Å²) in [6.45, 7) is 0. The third-order valence-electron chi connectivity index (χ3n) is 3.91. The van der Waals surface area contributed by atoms with Crippen LogP contribution in [0.2, 0.25) is 0 Å². The first-order chi connectivity index (χ1) is 10.8. The lowest BCUT2D eigenvalue weighted by molar-refractivity contribution is 0.415. The van der Waals surface area contributed by atoms with Crippen molar-refractivity contribution >= 4 is 0 Å². The fourth-order valence-corrected chi connectivity index (χ4v) is 2.77. The largest absolute Gasteiger partial charge is 0.497 e. The predicted molar refractivity (Wildman–Crippen MR) is 87.5 cm³/mol. The third-order valence-corrected chi connectivity index (χ3v) is 3.91. The predicted octanol–water partition coefficient (Wildman–Crippen LogP) is 5.07. The second kappa shape index (κ2) is 5.23. The molecule has 3 aromatic rings. The second-order valence-electron chi connectivity index (χ2n) is 5.23. The number of hydrogen-bond acceptors (Lipinski definition) is 2. The summed E-state index contributed by atoms with van der Waals surface area (Å²) < 4.78 is 11.3. The molecule has 1 heterocycles. The van der Waals surface area contributed by atoms with Gasteiger partial charge in [-0.1, -0.05) is 42.5 Å². The summed E-state index contributed by atoms with van der Waals surface area (Å²) in [6.07, 6.45) is 2.19. The zero-order valence-electron chi connectivity index (χ0n) is 12.2. The van der Waals surface area contributed by atoms with Crippen LogP contribution in [0.1, 0.15) is 11.1 Å². The van der Waals surface area contributed by atoms with Crippen molar-refractivity contribution in [1.82, 2.24) is 0 Å². The van der Waals surface area contributed by atoms with Crippen LogP contribution in [-0.4, -0.2) is 7.11 Å². The summed E-state index contributed by atoms with van der Waals surface area (Å²) >= 11 is 0. The Morgan fingerprint density at radius 3 is 2.36 bits per heavy atom. The van der Waals surface area contributed by atoms with E-state index in [1.54, 1.807) is 7.11 Å². The maximum absolute atomic E-state index is 6.03. The van der Waals surface area contributed by atoms with Gasteiger partial charge in [0.15, 0.2) is 0 Å². The SMILES string of the molecule is COc1ccc(-c2cccc3c2[CH]c2ccccc2O3)cc1. The van der Waals surface area contributed by atoms with Gasteiger partial charge in [0.25, 0.3) is 0 Å². The van der Waals surface area contributed by atoms with Gasteiger partial charge in [0.2, 0.25) is 0 Å². The highest BCUT2D eigenvalue weighted by Crippen LogP contribution is 2.42. The van der Waals surface area contributed by atoms with Crippen LogP contribution in [0.15, 0.2) is 66.7 Å². The van der Waals surface area contributed by atoms with Crippen molar-refractivity contribution in [2.45, 2.75) is 0 Å². The fraction of sp³-hybridized carbons (Fsp3) is 0.0500. The van der Waals surface area contributed by atoms with Crippen LogP contribution < -0.4 is 9.47 Å². The van der Waals surface area contributed by atoms with Crippen molar-refractivity contribution in [3.8, 4) is 28.4 Å². The Kier molecular flexibility index (Phi) is 3.08. The van der Waals surface area contributed by atoms with Crippen molar-refractivity contribution in [3.05, 3.63) is 84.3 Å². The molecule has 1 aliphatic rings. The van der Waals surface area contributed by atoms with E-state index in [1.165, 1.54) is 0 Å². The summed E-state index contributed by atoms with van der Waals surface area (Å²) in [7, 11) is 1.68. The minimum atomic E-state index is 0.860. The van der Waals surface area contributed by atoms with E-state index in [1.807, 2.05) is 42.5 Å². The van der Waals surface area contributed by atoms with Gasteiger partial charge in [-0.05, 0) is 35.4 Å². The average Bonchev–Trinajstić information content (AvgIpc) is 2.59. The number of methoxy groups -OCH3 is 1. The molecule has 0 aromatic heterocycles. The highest BCUT2D eigenvalue weighted by molar-refractivity contribution is 5.75. The van der Waals surface area contributed by atoms with Crippen molar-refractivity contribution in [2.24, 2.45) is 0 Å². The minimum absolute atomic E-state index is 0.860. The van der Waals surface area contributed by atoms with Crippen LogP contribution in [0.5, 0.6) is 17.2 Å². The number of rotatable bonds is 2. The number of para-hydroxylation sites is 1. The normalized spacial score (nSPS) is 12.0. The van der Waals surface area contributed by atoms with E-state index in [4.69, 9.17) is 9.47 Å². The van der Waals surface area contributed by atoms with Gasteiger partial charge < -0.3 is 9.47 Å². The minimum Gasteiger partial charge on any atom is -0.497 e. The van der Waals surface area contributed by atoms with Gasteiger partial charge in [-0.2, -0.15) is 0 Å². The fourth-order valence-electron chi connectivity index (χ4n) is 2.77. The number of hydrogen-bond donors (Lipinski definition) is 0. The second-order valence-corrected chi connectivity index (χ2v) is 5.23. The Balaban J connectivity index is 1.80. The lowest BCUT2D eigenvalue weighted by atomic mass is 9.92. The molecule has 0 N–H and O–H groups in total. The molecule has 0 amide bonds. The zero-order valence-corrected chi connectivity index (χ0v) is 12.2. The molecule has 1 aliphatic heterocycles. The van der Waals surface area contributed by atoms with Gasteiger partial charge in [0.05, 0.1) is 7.11 Å².